The van der Waals surface area contributed by atoms with E-state index >= 15 is 0 Å². The van der Waals surface area contributed by atoms with Crippen LogP contribution in [0.2, 0.25) is 10.3 Å². The van der Waals surface area contributed by atoms with Gasteiger partial charge in [-0.3, -0.25) is 0 Å². The Bertz CT molecular complexity index is 394. The molecule has 0 unspecified atom stereocenters. The summed E-state index contributed by atoms with van der Waals surface area (Å²) in [6.45, 7) is 0.547. The van der Waals surface area contributed by atoms with Gasteiger partial charge in [0.05, 0.1) is 19.1 Å². The van der Waals surface area contributed by atoms with E-state index in [1.807, 2.05) is 12.1 Å². The number of nitrogens with zero attached hydrogens (tertiary/aromatic N) is 2. The lowest BCUT2D eigenvalue weighted by Gasteiger charge is -1.99. The number of rotatable bonds is 2. The van der Waals surface area contributed by atoms with Gasteiger partial charge in [0.25, 0.3) is 0 Å². The second kappa shape index (κ2) is 3.44. The quantitative estimate of drug-likeness (QED) is 0.774. The van der Waals surface area contributed by atoms with Crippen molar-refractivity contribution >= 4 is 23.2 Å². The fourth-order valence-electron chi connectivity index (χ4n) is 1.02. The SMILES string of the molecule is Clc1ncn(Cc2ccco2)c1Cl. The van der Waals surface area contributed by atoms with E-state index in [9.17, 15) is 0 Å². The molecule has 68 valence electrons. The number of hydrogen-bond donors (Lipinski definition) is 0. The van der Waals surface area contributed by atoms with Crippen LogP contribution in [0.4, 0.5) is 0 Å². The van der Waals surface area contributed by atoms with E-state index in [1.165, 1.54) is 0 Å². The molecule has 2 aromatic rings. The molecule has 2 aromatic heterocycles. The monoisotopic (exact) mass is 216 g/mol. The van der Waals surface area contributed by atoms with Gasteiger partial charge in [0.15, 0.2) is 5.15 Å². The lowest BCUT2D eigenvalue weighted by molar-refractivity contribution is 0.493. The summed E-state index contributed by atoms with van der Waals surface area (Å²) < 4.78 is 6.86. The summed E-state index contributed by atoms with van der Waals surface area (Å²) >= 11 is 11.5. The van der Waals surface area contributed by atoms with Crippen molar-refractivity contribution in [1.29, 1.82) is 0 Å². The number of furan rings is 1. The first kappa shape index (κ1) is 8.66. The summed E-state index contributed by atoms with van der Waals surface area (Å²) in [5.41, 5.74) is 0. The van der Waals surface area contributed by atoms with Crippen molar-refractivity contribution < 1.29 is 4.42 Å². The molecular formula is C8H6Cl2N2O. The van der Waals surface area contributed by atoms with Gasteiger partial charge in [0, 0.05) is 0 Å². The van der Waals surface area contributed by atoms with E-state index in [1.54, 1.807) is 17.2 Å². The molecule has 0 bridgehead atoms. The molecule has 0 aliphatic rings. The molecule has 0 amide bonds. The molecule has 2 rings (SSSR count). The Balaban J connectivity index is 2.24. The molecule has 5 heteroatoms. The fraction of sp³-hybridized carbons (Fsp3) is 0.125. The molecule has 2 heterocycles. The first-order chi connectivity index (χ1) is 6.27. The maximum absolute atomic E-state index is 5.85. The van der Waals surface area contributed by atoms with Gasteiger partial charge in [0.1, 0.15) is 10.9 Å². The zero-order valence-corrected chi connectivity index (χ0v) is 8.09. The van der Waals surface area contributed by atoms with Crippen LogP contribution in [0.5, 0.6) is 0 Å². The summed E-state index contributed by atoms with van der Waals surface area (Å²) in [4.78, 5) is 3.85. The third-order valence-corrected chi connectivity index (χ3v) is 2.41. The molecular weight excluding hydrogens is 211 g/mol. The summed E-state index contributed by atoms with van der Waals surface area (Å²) in [6.07, 6.45) is 3.19. The first-order valence-electron chi connectivity index (χ1n) is 3.66. The minimum atomic E-state index is 0.313. The Morgan fingerprint density at radius 2 is 2.31 bits per heavy atom. The highest BCUT2D eigenvalue weighted by molar-refractivity contribution is 6.40. The van der Waals surface area contributed by atoms with Gasteiger partial charge in [-0.15, -0.1) is 0 Å². The van der Waals surface area contributed by atoms with Gasteiger partial charge in [-0.2, -0.15) is 0 Å². The fourth-order valence-corrected chi connectivity index (χ4v) is 1.33. The van der Waals surface area contributed by atoms with E-state index in [-0.39, 0.29) is 0 Å². The topological polar surface area (TPSA) is 31.0 Å². The highest BCUT2D eigenvalue weighted by Crippen LogP contribution is 2.20. The lowest BCUT2D eigenvalue weighted by Crippen LogP contribution is -1.96. The molecule has 0 N–H and O–H groups in total. The summed E-state index contributed by atoms with van der Waals surface area (Å²) in [5, 5.41) is 0.742. The molecule has 0 atom stereocenters. The zero-order chi connectivity index (χ0) is 9.26. The summed E-state index contributed by atoms with van der Waals surface area (Å²) in [7, 11) is 0. The highest BCUT2D eigenvalue weighted by Gasteiger charge is 2.06. The zero-order valence-electron chi connectivity index (χ0n) is 6.58. The normalized spacial score (nSPS) is 10.6. The van der Waals surface area contributed by atoms with E-state index in [2.05, 4.69) is 4.98 Å². The number of hydrogen-bond acceptors (Lipinski definition) is 2. The average Bonchev–Trinajstić information content (AvgIpc) is 2.71. The Morgan fingerprint density at radius 3 is 2.85 bits per heavy atom. The average molecular weight is 217 g/mol. The van der Waals surface area contributed by atoms with Crippen molar-refractivity contribution in [2.75, 3.05) is 0 Å². The van der Waals surface area contributed by atoms with Crippen LogP contribution in [0.1, 0.15) is 5.76 Å². The molecule has 0 saturated heterocycles. The standard InChI is InChI=1S/C8H6Cl2N2O/c9-7-8(10)12(5-11-7)4-6-2-1-3-13-6/h1-3,5H,4H2. The Kier molecular flexibility index (Phi) is 2.29. The smallest absolute Gasteiger partial charge is 0.166 e. The molecule has 0 fully saturated rings. The van der Waals surface area contributed by atoms with Gasteiger partial charge >= 0.3 is 0 Å². The molecule has 0 radical (unpaired) electrons. The van der Waals surface area contributed by atoms with Crippen LogP contribution in [0.25, 0.3) is 0 Å². The second-order valence-electron chi connectivity index (χ2n) is 2.53. The van der Waals surface area contributed by atoms with Gasteiger partial charge < -0.3 is 8.98 Å². The number of aromatic nitrogens is 2. The van der Waals surface area contributed by atoms with Crippen molar-refractivity contribution in [2.24, 2.45) is 0 Å². The van der Waals surface area contributed by atoms with E-state index in [4.69, 9.17) is 27.6 Å². The van der Waals surface area contributed by atoms with Gasteiger partial charge in [-0.05, 0) is 12.1 Å². The molecule has 0 aliphatic carbocycles. The summed E-state index contributed by atoms with van der Waals surface area (Å²) in [5.74, 6) is 0.816. The highest BCUT2D eigenvalue weighted by atomic mass is 35.5. The van der Waals surface area contributed by atoms with Gasteiger partial charge in [-0.1, -0.05) is 23.2 Å². The number of halogens is 2. The van der Waals surface area contributed by atoms with Crippen molar-refractivity contribution in [3.05, 3.63) is 40.8 Å². The van der Waals surface area contributed by atoms with E-state index in [0.717, 1.165) is 5.76 Å². The lowest BCUT2D eigenvalue weighted by atomic mass is 10.4. The largest absolute Gasteiger partial charge is 0.467 e. The van der Waals surface area contributed by atoms with E-state index < -0.39 is 0 Å². The third-order valence-electron chi connectivity index (χ3n) is 1.64. The maximum Gasteiger partial charge on any atom is 0.166 e. The van der Waals surface area contributed by atoms with Crippen LogP contribution in [0.3, 0.4) is 0 Å². The summed E-state index contributed by atoms with van der Waals surface area (Å²) in [6, 6.07) is 3.69. The van der Waals surface area contributed by atoms with Gasteiger partial charge in [-0.25, -0.2) is 4.98 Å². The van der Waals surface area contributed by atoms with Crippen LogP contribution >= 0.6 is 23.2 Å². The van der Waals surface area contributed by atoms with E-state index in [0.29, 0.717) is 16.9 Å². The molecule has 3 nitrogen and oxygen atoms in total. The van der Waals surface area contributed by atoms with Crippen molar-refractivity contribution in [3.63, 3.8) is 0 Å². The van der Waals surface area contributed by atoms with Crippen molar-refractivity contribution in [1.82, 2.24) is 9.55 Å². The van der Waals surface area contributed by atoms with Crippen molar-refractivity contribution in [2.45, 2.75) is 6.54 Å². The molecule has 0 aliphatic heterocycles. The molecule has 0 aromatic carbocycles. The molecule has 13 heavy (non-hydrogen) atoms. The van der Waals surface area contributed by atoms with Crippen LogP contribution in [-0.4, -0.2) is 9.55 Å². The number of imidazole rings is 1. The molecule has 0 spiro atoms. The maximum atomic E-state index is 5.85. The Morgan fingerprint density at radius 1 is 1.46 bits per heavy atom. The van der Waals surface area contributed by atoms with Gasteiger partial charge in [0.2, 0.25) is 0 Å². The van der Waals surface area contributed by atoms with Crippen molar-refractivity contribution in [3.8, 4) is 0 Å². The van der Waals surface area contributed by atoms with Crippen LogP contribution in [0, 0.1) is 0 Å². The van der Waals surface area contributed by atoms with Crippen LogP contribution in [0.15, 0.2) is 29.1 Å². The predicted octanol–water partition coefficient (Wildman–Crippen LogP) is 2.83. The minimum Gasteiger partial charge on any atom is -0.467 e. The van der Waals surface area contributed by atoms with Crippen LogP contribution < -0.4 is 0 Å². The Labute approximate surface area is 84.9 Å². The molecule has 0 saturated carbocycles. The van der Waals surface area contributed by atoms with Crippen LogP contribution in [-0.2, 0) is 6.54 Å². The second-order valence-corrected chi connectivity index (χ2v) is 3.25. The predicted molar refractivity (Wildman–Crippen MR) is 50.1 cm³/mol. The third kappa shape index (κ3) is 1.71. The first-order valence-corrected chi connectivity index (χ1v) is 4.41. The Hall–Kier alpha value is -0.930. The minimum absolute atomic E-state index is 0.313.